The van der Waals surface area contributed by atoms with Crippen molar-refractivity contribution >= 4 is 22.6 Å². The minimum absolute atomic E-state index is 0.00400. The first kappa shape index (κ1) is 11.3. The lowest BCUT2D eigenvalue weighted by molar-refractivity contribution is 0.148. The Morgan fingerprint density at radius 3 is 2.79 bits per heavy atom. The number of nitriles is 1. The van der Waals surface area contributed by atoms with Crippen LogP contribution in [0.3, 0.4) is 0 Å². The molecule has 0 aliphatic heterocycles. The van der Waals surface area contributed by atoms with Gasteiger partial charge in [-0.2, -0.15) is 5.26 Å². The first-order valence-electron chi connectivity index (χ1n) is 3.87. The van der Waals surface area contributed by atoms with Crippen molar-refractivity contribution in [3.05, 3.63) is 26.6 Å². The molecule has 2 nitrogen and oxygen atoms in total. The fraction of sp³-hybridized carbons (Fsp3) is 0.333. The quantitative estimate of drug-likeness (QED) is 0.622. The van der Waals surface area contributed by atoms with Crippen LogP contribution in [-0.2, 0) is 6.42 Å². The second-order valence-corrected chi connectivity index (χ2v) is 3.78. The number of aromatic nitrogens is 1. The van der Waals surface area contributed by atoms with Crippen LogP contribution < -0.4 is 0 Å². The molecule has 0 unspecified atom stereocenters. The minimum atomic E-state index is -2.57. The number of hydrogen-bond donors (Lipinski definition) is 0. The van der Waals surface area contributed by atoms with Crippen LogP contribution in [0.25, 0.3) is 0 Å². The predicted molar refractivity (Wildman–Crippen MR) is 56.0 cm³/mol. The van der Waals surface area contributed by atoms with E-state index in [2.05, 4.69) is 4.98 Å². The van der Waals surface area contributed by atoms with E-state index in [9.17, 15) is 8.78 Å². The van der Waals surface area contributed by atoms with E-state index in [-0.39, 0.29) is 15.7 Å². The van der Waals surface area contributed by atoms with E-state index < -0.39 is 6.43 Å². The highest BCUT2D eigenvalue weighted by atomic mass is 127. The van der Waals surface area contributed by atoms with Crippen LogP contribution in [0.2, 0.25) is 0 Å². The number of pyridine rings is 1. The summed E-state index contributed by atoms with van der Waals surface area (Å²) in [4.78, 5) is 3.84. The lowest BCUT2D eigenvalue weighted by Gasteiger charge is -2.10. The van der Waals surface area contributed by atoms with E-state index in [0.717, 1.165) is 0 Å². The van der Waals surface area contributed by atoms with Crippen molar-refractivity contribution in [2.75, 3.05) is 0 Å². The van der Waals surface area contributed by atoms with Gasteiger partial charge in [-0.25, -0.2) is 13.8 Å². The van der Waals surface area contributed by atoms with Crippen LogP contribution in [0.15, 0.2) is 6.20 Å². The van der Waals surface area contributed by atoms with Gasteiger partial charge in [-0.1, -0.05) is 0 Å². The van der Waals surface area contributed by atoms with Gasteiger partial charge < -0.3 is 0 Å². The van der Waals surface area contributed by atoms with E-state index >= 15 is 0 Å². The number of aryl methyl sites for hydroxylation is 1. The fourth-order valence-electron chi connectivity index (χ4n) is 1.17. The fourth-order valence-corrected chi connectivity index (χ4v) is 1.87. The largest absolute Gasteiger partial charge is 0.266 e. The van der Waals surface area contributed by atoms with Gasteiger partial charge in [0.15, 0.2) is 0 Å². The third-order valence-electron chi connectivity index (χ3n) is 1.87. The molecule has 0 bridgehead atoms. The van der Waals surface area contributed by atoms with Gasteiger partial charge in [0.25, 0.3) is 6.43 Å². The Morgan fingerprint density at radius 2 is 2.29 bits per heavy atom. The van der Waals surface area contributed by atoms with Crippen LogP contribution in [0.4, 0.5) is 8.78 Å². The Balaban J connectivity index is 3.35. The smallest absolute Gasteiger partial charge is 0.250 e. The standard InChI is InChI=1S/C9H7F2IN2/c1-5-4-14-9(12)7(8(10)11)6(5)2-3-13/h4,8H,2H2,1H3. The van der Waals surface area contributed by atoms with Gasteiger partial charge in [0.05, 0.1) is 18.1 Å². The van der Waals surface area contributed by atoms with E-state index in [1.165, 1.54) is 6.20 Å². The summed E-state index contributed by atoms with van der Waals surface area (Å²) < 4.78 is 25.5. The molecule has 74 valence electrons. The first-order valence-corrected chi connectivity index (χ1v) is 4.94. The maximum absolute atomic E-state index is 12.6. The molecule has 0 N–H and O–H groups in total. The zero-order valence-corrected chi connectivity index (χ0v) is 9.55. The molecular formula is C9H7F2IN2. The summed E-state index contributed by atoms with van der Waals surface area (Å²) in [5.74, 6) is 0. The summed E-state index contributed by atoms with van der Waals surface area (Å²) in [6.45, 7) is 1.68. The third-order valence-corrected chi connectivity index (χ3v) is 2.73. The summed E-state index contributed by atoms with van der Waals surface area (Å²) in [5, 5.41) is 8.52. The van der Waals surface area contributed by atoms with Crippen LogP contribution >= 0.6 is 22.6 Å². The molecule has 1 rings (SSSR count). The molecule has 0 aromatic carbocycles. The number of hydrogen-bond acceptors (Lipinski definition) is 2. The molecule has 0 spiro atoms. The Bertz CT molecular complexity index is 385. The van der Waals surface area contributed by atoms with Gasteiger partial charge in [0.2, 0.25) is 0 Å². The number of nitrogens with zero attached hydrogens (tertiary/aromatic N) is 2. The molecule has 0 aliphatic rings. The Kier molecular flexibility index (Phi) is 3.75. The van der Waals surface area contributed by atoms with Crippen molar-refractivity contribution < 1.29 is 8.78 Å². The SMILES string of the molecule is Cc1cnc(I)c(C(F)F)c1CC#N. The van der Waals surface area contributed by atoms with Gasteiger partial charge in [-0.05, 0) is 40.6 Å². The van der Waals surface area contributed by atoms with Crippen molar-refractivity contribution in [3.63, 3.8) is 0 Å². The highest BCUT2D eigenvalue weighted by molar-refractivity contribution is 14.1. The van der Waals surface area contributed by atoms with E-state index in [1.807, 2.05) is 6.07 Å². The second kappa shape index (κ2) is 4.64. The topological polar surface area (TPSA) is 36.7 Å². The lowest BCUT2D eigenvalue weighted by Crippen LogP contribution is -2.02. The van der Waals surface area contributed by atoms with E-state index in [1.54, 1.807) is 29.5 Å². The van der Waals surface area contributed by atoms with Crippen LogP contribution in [0.5, 0.6) is 0 Å². The average molecular weight is 308 g/mol. The van der Waals surface area contributed by atoms with E-state index in [0.29, 0.717) is 11.1 Å². The predicted octanol–water partition coefficient (Wildman–Crippen LogP) is 3.00. The molecule has 5 heteroatoms. The van der Waals surface area contributed by atoms with Gasteiger partial charge in [-0.15, -0.1) is 0 Å². The number of alkyl halides is 2. The number of halogens is 3. The molecule has 0 saturated carbocycles. The zero-order valence-electron chi connectivity index (χ0n) is 7.39. The van der Waals surface area contributed by atoms with Crippen molar-refractivity contribution in [2.24, 2.45) is 0 Å². The molecule has 0 saturated heterocycles. The molecule has 1 heterocycles. The summed E-state index contributed by atoms with van der Waals surface area (Å²) in [5.41, 5.74) is 0.941. The second-order valence-electron chi connectivity index (χ2n) is 2.76. The maximum atomic E-state index is 12.6. The highest BCUT2D eigenvalue weighted by Crippen LogP contribution is 2.28. The van der Waals surface area contributed by atoms with E-state index in [4.69, 9.17) is 5.26 Å². The third kappa shape index (κ3) is 2.18. The number of rotatable bonds is 2. The van der Waals surface area contributed by atoms with Crippen LogP contribution in [0.1, 0.15) is 23.1 Å². The monoisotopic (exact) mass is 308 g/mol. The van der Waals surface area contributed by atoms with Crippen molar-refractivity contribution in [3.8, 4) is 6.07 Å². The molecule has 1 aromatic rings. The van der Waals surface area contributed by atoms with Crippen molar-refractivity contribution in [2.45, 2.75) is 19.8 Å². The minimum Gasteiger partial charge on any atom is -0.250 e. The average Bonchev–Trinajstić information content (AvgIpc) is 2.11. The lowest BCUT2D eigenvalue weighted by atomic mass is 10.0. The van der Waals surface area contributed by atoms with Crippen LogP contribution in [-0.4, -0.2) is 4.98 Å². The Morgan fingerprint density at radius 1 is 1.64 bits per heavy atom. The first-order chi connectivity index (χ1) is 6.57. The van der Waals surface area contributed by atoms with Gasteiger partial charge in [0.1, 0.15) is 3.70 Å². The van der Waals surface area contributed by atoms with Crippen molar-refractivity contribution in [1.82, 2.24) is 4.98 Å². The summed E-state index contributed by atoms with van der Waals surface area (Å²) in [6, 6.07) is 1.88. The zero-order chi connectivity index (χ0) is 10.7. The molecule has 0 atom stereocenters. The van der Waals surface area contributed by atoms with Gasteiger partial charge >= 0.3 is 0 Å². The van der Waals surface area contributed by atoms with Gasteiger partial charge in [-0.3, -0.25) is 0 Å². The van der Waals surface area contributed by atoms with Crippen LogP contribution in [0, 0.1) is 22.0 Å². The van der Waals surface area contributed by atoms with Crippen molar-refractivity contribution in [1.29, 1.82) is 5.26 Å². The Labute approximate surface area is 94.1 Å². The molecule has 0 amide bonds. The summed E-state index contributed by atoms with van der Waals surface area (Å²) in [6.07, 6.45) is -1.05. The highest BCUT2D eigenvalue weighted by Gasteiger charge is 2.19. The summed E-state index contributed by atoms with van der Waals surface area (Å²) >= 11 is 1.76. The molecule has 0 fully saturated rings. The molecule has 0 radical (unpaired) electrons. The summed E-state index contributed by atoms with van der Waals surface area (Å²) in [7, 11) is 0. The maximum Gasteiger partial charge on any atom is 0.266 e. The normalized spacial score (nSPS) is 10.3. The molecule has 14 heavy (non-hydrogen) atoms. The van der Waals surface area contributed by atoms with Gasteiger partial charge in [0, 0.05) is 6.20 Å². The molecular weight excluding hydrogens is 301 g/mol. The Hall–Kier alpha value is -0.770. The molecule has 0 aliphatic carbocycles. The molecule has 1 aromatic heterocycles.